The SMILES string of the molecule is COc1cc(C=C2SC(=S)N(Cc3ccc(Cl)cc3)C2=O)cc(OC)c1OC. The number of carbonyl (C=O) groups is 1. The average molecular weight is 436 g/mol. The fourth-order valence-electron chi connectivity index (χ4n) is 2.74. The molecule has 1 heterocycles. The van der Waals surface area contributed by atoms with Gasteiger partial charge in [0.15, 0.2) is 11.5 Å². The van der Waals surface area contributed by atoms with E-state index < -0.39 is 0 Å². The molecular formula is C20H18ClNO4S2. The van der Waals surface area contributed by atoms with Crippen molar-refractivity contribution in [3.63, 3.8) is 0 Å². The minimum absolute atomic E-state index is 0.140. The van der Waals surface area contributed by atoms with E-state index in [1.165, 1.54) is 11.8 Å². The topological polar surface area (TPSA) is 48.0 Å². The molecule has 0 saturated carbocycles. The Kier molecular flexibility index (Phi) is 6.49. The van der Waals surface area contributed by atoms with Crippen molar-refractivity contribution in [2.45, 2.75) is 6.54 Å². The number of amides is 1. The minimum Gasteiger partial charge on any atom is -0.493 e. The van der Waals surface area contributed by atoms with Gasteiger partial charge in [-0.2, -0.15) is 0 Å². The molecule has 0 aliphatic carbocycles. The van der Waals surface area contributed by atoms with Crippen molar-refractivity contribution >= 4 is 51.9 Å². The first kappa shape index (κ1) is 20.5. The Morgan fingerprint density at radius 2 is 1.68 bits per heavy atom. The number of halogens is 1. The summed E-state index contributed by atoms with van der Waals surface area (Å²) in [7, 11) is 4.64. The number of nitrogens with zero attached hydrogens (tertiary/aromatic N) is 1. The van der Waals surface area contributed by atoms with E-state index in [1.54, 1.807) is 56.6 Å². The molecule has 5 nitrogen and oxygen atoms in total. The molecule has 3 rings (SSSR count). The maximum Gasteiger partial charge on any atom is 0.266 e. The van der Waals surface area contributed by atoms with Crippen molar-refractivity contribution in [3.8, 4) is 17.2 Å². The second kappa shape index (κ2) is 8.86. The van der Waals surface area contributed by atoms with Crippen LogP contribution in [0.25, 0.3) is 6.08 Å². The monoisotopic (exact) mass is 435 g/mol. The second-order valence-electron chi connectivity index (χ2n) is 5.85. The highest BCUT2D eigenvalue weighted by Crippen LogP contribution is 2.40. The maximum atomic E-state index is 12.9. The quantitative estimate of drug-likeness (QED) is 0.481. The lowest BCUT2D eigenvalue weighted by Gasteiger charge is -2.14. The summed E-state index contributed by atoms with van der Waals surface area (Å²) < 4.78 is 16.6. The number of benzene rings is 2. The molecule has 146 valence electrons. The first-order valence-electron chi connectivity index (χ1n) is 8.26. The van der Waals surface area contributed by atoms with Gasteiger partial charge in [0.2, 0.25) is 5.75 Å². The Morgan fingerprint density at radius 1 is 1.07 bits per heavy atom. The lowest BCUT2D eigenvalue weighted by Crippen LogP contribution is -2.27. The molecule has 1 amide bonds. The van der Waals surface area contributed by atoms with Crippen molar-refractivity contribution in [3.05, 3.63) is 57.5 Å². The van der Waals surface area contributed by atoms with E-state index in [2.05, 4.69) is 0 Å². The molecule has 1 saturated heterocycles. The van der Waals surface area contributed by atoms with Crippen LogP contribution in [-0.4, -0.2) is 36.5 Å². The van der Waals surface area contributed by atoms with E-state index in [1.807, 2.05) is 12.1 Å². The molecule has 0 spiro atoms. The molecule has 0 bridgehead atoms. The molecular weight excluding hydrogens is 418 g/mol. The van der Waals surface area contributed by atoms with Gasteiger partial charge in [0, 0.05) is 5.02 Å². The molecule has 0 atom stereocenters. The molecule has 2 aromatic rings. The average Bonchev–Trinajstić information content (AvgIpc) is 2.96. The number of rotatable bonds is 6. The van der Waals surface area contributed by atoms with E-state index in [0.29, 0.717) is 38.0 Å². The maximum absolute atomic E-state index is 12.9. The first-order chi connectivity index (χ1) is 13.5. The molecule has 2 aromatic carbocycles. The molecule has 28 heavy (non-hydrogen) atoms. The fourth-order valence-corrected chi connectivity index (χ4v) is 4.13. The summed E-state index contributed by atoms with van der Waals surface area (Å²) in [4.78, 5) is 15.0. The highest BCUT2D eigenvalue weighted by Gasteiger charge is 2.32. The third-order valence-corrected chi connectivity index (χ3v) is 5.74. The second-order valence-corrected chi connectivity index (χ2v) is 7.97. The van der Waals surface area contributed by atoms with Crippen LogP contribution in [0.2, 0.25) is 5.02 Å². The van der Waals surface area contributed by atoms with Gasteiger partial charge in [-0.3, -0.25) is 9.69 Å². The van der Waals surface area contributed by atoms with Crippen molar-refractivity contribution in [2.24, 2.45) is 0 Å². The van der Waals surface area contributed by atoms with Gasteiger partial charge in [-0.25, -0.2) is 0 Å². The van der Waals surface area contributed by atoms with Crippen LogP contribution in [0.5, 0.6) is 17.2 Å². The summed E-state index contributed by atoms with van der Waals surface area (Å²) in [6, 6.07) is 10.9. The van der Waals surface area contributed by atoms with Gasteiger partial charge in [-0.1, -0.05) is 47.7 Å². The highest BCUT2D eigenvalue weighted by atomic mass is 35.5. The summed E-state index contributed by atoms with van der Waals surface area (Å²) in [6.45, 7) is 0.397. The molecule has 0 unspecified atom stereocenters. The van der Waals surface area contributed by atoms with Crippen LogP contribution < -0.4 is 14.2 Å². The Hall–Kier alpha value is -2.22. The molecule has 1 fully saturated rings. The minimum atomic E-state index is -0.140. The third kappa shape index (κ3) is 4.27. The lowest BCUT2D eigenvalue weighted by atomic mass is 10.1. The first-order valence-corrected chi connectivity index (χ1v) is 9.87. The van der Waals surface area contributed by atoms with Gasteiger partial charge in [0.1, 0.15) is 4.32 Å². The zero-order valence-electron chi connectivity index (χ0n) is 15.5. The van der Waals surface area contributed by atoms with Gasteiger partial charge < -0.3 is 14.2 Å². The summed E-state index contributed by atoms with van der Waals surface area (Å²) in [6.07, 6.45) is 1.77. The number of hydrogen-bond donors (Lipinski definition) is 0. The molecule has 0 aromatic heterocycles. The van der Waals surface area contributed by atoms with Gasteiger partial charge in [-0.05, 0) is 41.5 Å². The van der Waals surface area contributed by atoms with E-state index in [4.69, 9.17) is 38.0 Å². The van der Waals surface area contributed by atoms with Crippen molar-refractivity contribution in [1.82, 2.24) is 4.90 Å². The van der Waals surface area contributed by atoms with Crippen molar-refractivity contribution in [2.75, 3.05) is 21.3 Å². The van der Waals surface area contributed by atoms with Crippen molar-refractivity contribution < 1.29 is 19.0 Å². The van der Waals surface area contributed by atoms with Gasteiger partial charge in [0.05, 0.1) is 32.8 Å². The number of thiocarbonyl (C=S) groups is 1. The van der Waals surface area contributed by atoms with Crippen LogP contribution in [0, 0.1) is 0 Å². The van der Waals surface area contributed by atoms with E-state index in [0.717, 1.165) is 11.1 Å². The number of ether oxygens (including phenoxy) is 3. The Labute approximate surface area is 178 Å². The zero-order chi connectivity index (χ0) is 20.3. The van der Waals surface area contributed by atoms with E-state index in [-0.39, 0.29) is 5.91 Å². The standard InChI is InChI=1S/C20H18ClNO4S2/c1-24-15-8-13(9-16(25-2)18(15)26-3)10-17-19(23)22(20(27)28-17)11-12-4-6-14(21)7-5-12/h4-10H,11H2,1-3H3. The molecule has 1 aliphatic heterocycles. The smallest absolute Gasteiger partial charge is 0.266 e. The molecule has 0 N–H and O–H groups in total. The van der Waals surface area contributed by atoms with Gasteiger partial charge in [0.25, 0.3) is 5.91 Å². The molecule has 1 aliphatic rings. The lowest BCUT2D eigenvalue weighted by molar-refractivity contribution is -0.122. The molecule has 8 heteroatoms. The van der Waals surface area contributed by atoms with Crippen LogP contribution in [0.4, 0.5) is 0 Å². The van der Waals surface area contributed by atoms with Gasteiger partial charge in [-0.15, -0.1) is 0 Å². The van der Waals surface area contributed by atoms with Crippen LogP contribution in [0.15, 0.2) is 41.3 Å². The number of carbonyl (C=O) groups excluding carboxylic acids is 1. The van der Waals surface area contributed by atoms with E-state index >= 15 is 0 Å². The summed E-state index contributed by atoms with van der Waals surface area (Å²) >= 11 is 12.6. The van der Waals surface area contributed by atoms with Crippen LogP contribution in [0.3, 0.4) is 0 Å². The Balaban J connectivity index is 1.88. The molecule has 0 radical (unpaired) electrons. The van der Waals surface area contributed by atoms with Gasteiger partial charge >= 0.3 is 0 Å². The zero-order valence-corrected chi connectivity index (χ0v) is 17.9. The third-order valence-electron chi connectivity index (χ3n) is 4.11. The Morgan fingerprint density at radius 3 is 2.21 bits per heavy atom. The van der Waals surface area contributed by atoms with Crippen molar-refractivity contribution in [1.29, 1.82) is 0 Å². The summed E-state index contributed by atoms with van der Waals surface area (Å²) in [5.74, 6) is 1.39. The number of methoxy groups -OCH3 is 3. The normalized spacial score (nSPS) is 15.3. The predicted molar refractivity (Wildman–Crippen MR) is 116 cm³/mol. The summed E-state index contributed by atoms with van der Waals surface area (Å²) in [5.41, 5.74) is 1.70. The number of thioether (sulfide) groups is 1. The largest absolute Gasteiger partial charge is 0.493 e. The summed E-state index contributed by atoms with van der Waals surface area (Å²) in [5, 5.41) is 0.649. The predicted octanol–water partition coefficient (Wildman–Crippen LogP) is 4.77. The van der Waals surface area contributed by atoms with Crippen LogP contribution in [-0.2, 0) is 11.3 Å². The van der Waals surface area contributed by atoms with Crippen LogP contribution in [0.1, 0.15) is 11.1 Å². The highest BCUT2D eigenvalue weighted by molar-refractivity contribution is 8.26. The van der Waals surface area contributed by atoms with Crippen LogP contribution >= 0.6 is 35.6 Å². The Bertz CT molecular complexity index is 919. The number of hydrogen-bond acceptors (Lipinski definition) is 6. The fraction of sp³-hybridized carbons (Fsp3) is 0.200. The van der Waals surface area contributed by atoms with E-state index in [9.17, 15) is 4.79 Å².